The average Bonchev–Trinajstić information content (AvgIpc) is 2.72. The van der Waals surface area contributed by atoms with Gasteiger partial charge >= 0.3 is 5.97 Å². The number of carboxylic acids is 1. The minimum Gasteiger partial charge on any atom is -0.481 e. The molecule has 10 heteroatoms. The summed E-state index contributed by atoms with van der Waals surface area (Å²) in [7, 11) is 0. The summed E-state index contributed by atoms with van der Waals surface area (Å²) in [4.78, 5) is 33.3. The van der Waals surface area contributed by atoms with E-state index in [0.717, 1.165) is 11.9 Å². The van der Waals surface area contributed by atoms with Gasteiger partial charge in [0.1, 0.15) is 0 Å². The van der Waals surface area contributed by atoms with E-state index in [-0.39, 0.29) is 24.1 Å². The summed E-state index contributed by atoms with van der Waals surface area (Å²) in [6, 6.07) is -0.757. The Morgan fingerprint density at radius 2 is 2.44 bits per heavy atom. The molecule has 1 atom stereocenters. The molecule has 2 heterocycles. The molecule has 0 bridgehead atoms. The van der Waals surface area contributed by atoms with Crippen LogP contribution in [-0.4, -0.2) is 46.9 Å². The van der Waals surface area contributed by atoms with Gasteiger partial charge in [-0.15, -0.1) is 9.63 Å². The van der Waals surface area contributed by atoms with E-state index in [1.807, 2.05) is 0 Å². The first-order valence-corrected chi connectivity index (χ1v) is 5.85. The molecule has 0 saturated heterocycles. The number of hydrogen-bond acceptors (Lipinski definition) is 8. The number of fused-ring (bicyclic) bond motifs is 1. The van der Waals surface area contributed by atoms with Crippen LogP contribution in [0.15, 0.2) is 24.6 Å². The largest absolute Gasteiger partial charge is 0.481 e. The van der Waals surface area contributed by atoms with Crippen molar-refractivity contribution < 1.29 is 14.7 Å². The average molecular weight is 268 g/mol. The zero-order chi connectivity index (χ0) is 13.0. The van der Waals surface area contributed by atoms with Crippen LogP contribution in [0.5, 0.6) is 0 Å². The number of nitrogens with one attached hydrogen (secondary N) is 1. The highest BCUT2D eigenvalue weighted by Crippen LogP contribution is 2.12. The van der Waals surface area contributed by atoms with Crippen LogP contribution in [0.25, 0.3) is 0 Å². The third-order valence-electron chi connectivity index (χ3n) is 1.95. The highest BCUT2D eigenvalue weighted by atomic mass is 32.2. The number of amidine groups is 1. The molecule has 0 spiro atoms. The van der Waals surface area contributed by atoms with Crippen LogP contribution in [0.4, 0.5) is 0 Å². The Labute approximate surface area is 105 Å². The normalized spacial score (nSPS) is 21.6. The number of carbonyl (C=O) groups is 2. The first kappa shape index (κ1) is 12.4. The zero-order valence-corrected chi connectivity index (χ0v) is 9.79. The lowest BCUT2D eigenvalue weighted by Gasteiger charge is -2.09. The lowest BCUT2D eigenvalue weighted by atomic mass is 10.2. The molecule has 2 rings (SSSR count). The standard InChI is InChI=1S/C8H8N6O3S/c15-4(16)1-2-18-14-13-8-11-5-6(12-8)9-3-10-7(5)17/h3,5H,1-2H2,(H,15,16)(H,9,10,11,12,17)/b14-13+. The van der Waals surface area contributed by atoms with Gasteiger partial charge in [-0.05, 0) is 11.9 Å². The van der Waals surface area contributed by atoms with Gasteiger partial charge in [0.15, 0.2) is 11.9 Å². The van der Waals surface area contributed by atoms with E-state index in [9.17, 15) is 9.59 Å². The lowest BCUT2D eigenvalue weighted by Crippen LogP contribution is -2.40. The van der Waals surface area contributed by atoms with Crippen molar-refractivity contribution in [1.29, 1.82) is 0 Å². The maximum Gasteiger partial charge on any atom is 0.304 e. The van der Waals surface area contributed by atoms with E-state index in [2.05, 4.69) is 29.9 Å². The van der Waals surface area contributed by atoms with E-state index in [4.69, 9.17) is 5.11 Å². The predicted molar refractivity (Wildman–Crippen MR) is 64.9 cm³/mol. The molecule has 9 nitrogen and oxygen atoms in total. The van der Waals surface area contributed by atoms with Gasteiger partial charge in [0.2, 0.25) is 0 Å². The third kappa shape index (κ3) is 2.97. The lowest BCUT2D eigenvalue weighted by molar-refractivity contribution is -0.136. The van der Waals surface area contributed by atoms with Crippen LogP contribution in [0, 0.1) is 0 Å². The van der Waals surface area contributed by atoms with Crippen molar-refractivity contribution in [2.45, 2.75) is 12.5 Å². The molecule has 0 aromatic rings. The minimum atomic E-state index is -0.895. The van der Waals surface area contributed by atoms with E-state index in [1.165, 1.54) is 6.34 Å². The molecule has 1 unspecified atom stereocenters. The van der Waals surface area contributed by atoms with E-state index < -0.39 is 12.0 Å². The van der Waals surface area contributed by atoms with E-state index >= 15 is 0 Å². The third-order valence-corrected chi connectivity index (χ3v) is 2.53. The minimum absolute atomic E-state index is 0.00000493. The van der Waals surface area contributed by atoms with Gasteiger partial charge in [-0.1, -0.05) is 0 Å². The van der Waals surface area contributed by atoms with Crippen molar-refractivity contribution >= 4 is 42.0 Å². The fourth-order valence-electron chi connectivity index (χ4n) is 1.17. The smallest absolute Gasteiger partial charge is 0.304 e. The van der Waals surface area contributed by atoms with E-state index in [1.54, 1.807) is 0 Å². The van der Waals surface area contributed by atoms with Gasteiger partial charge in [0, 0.05) is 5.75 Å². The van der Waals surface area contributed by atoms with Crippen molar-refractivity contribution in [3.63, 3.8) is 0 Å². The number of nitrogens with zero attached hydrogens (tertiary/aromatic N) is 5. The molecule has 0 aromatic carbocycles. The van der Waals surface area contributed by atoms with Crippen LogP contribution < -0.4 is 5.32 Å². The molecule has 0 fully saturated rings. The summed E-state index contributed by atoms with van der Waals surface area (Å²) in [5.74, 6) is -0.555. The topological polar surface area (TPSA) is 128 Å². The maximum absolute atomic E-state index is 11.3. The van der Waals surface area contributed by atoms with Gasteiger partial charge < -0.3 is 10.4 Å². The number of rotatable bonds is 4. The summed E-state index contributed by atoms with van der Waals surface area (Å²) < 4.78 is 3.67. The molecule has 0 radical (unpaired) electrons. The Bertz CT molecular complexity index is 497. The summed E-state index contributed by atoms with van der Waals surface area (Å²) in [6.45, 7) is 0. The van der Waals surface area contributed by atoms with Crippen molar-refractivity contribution in [2.75, 3.05) is 5.75 Å². The molecule has 0 saturated carbocycles. The first-order valence-electron chi connectivity index (χ1n) is 4.91. The maximum atomic E-state index is 11.3. The fourth-order valence-corrected chi connectivity index (χ4v) is 1.65. The summed E-state index contributed by atoms with van der Waals surface area (Å²) >= 11 is 0.991. The molecule has 0 aromatic heterocycles. The highest BCUT2D eigenvalue weighted by Gasteiger charge is 2.31. The second-order valence-electron chi connectivity index (χ2n) is 3.23. The fraction of sp³-hybridized carbons (Fsp3) is 0.375. The molecule has 1 amide bonds. The molecular formula is C8H8N6O3S. The van der Waals surface area contributed by atoms with Crippen molar-refractivity contribution in [3.05, 3.63) is 0 Å². The van der Waals surface area contributed by atoms with Crippen molar-refractivity contribution in [2.24, 2.45) is 24.6 Å². The van der Waals surface area contributed by atoms with Crippen LogP contribution >= 0.6 is 11.9 Å². The van der Waals surface area contributed by atoms with E-state index in [0.29, 0.717) is 5.75 Å². The monoisotopic (exact) mass is 268 g/mol. The van der Waals surface area contributed by atoms with Crippen LogP contribution in [0.1, 0.15) is 6.42 Å². The first-order chi connectivity index (χ1) is 8.66. The number of amides is 1. The van der Waals surface area contributed by atoms with Gasteiger partial charge in [0.05, 0.1) is 12.8 Å². The number of aliphatic carboxylic acids is 1. The van der Waals surface area contributed by atoms with Crippen molar-refractivity contribution in [3.8, 4) is 0 Å². The van der Waals surface area contributed by atoms with Gasteiger partial charge in [-0.2, -0.15) is 4.99 Å². The number of carboxylic acid groups (broad SMARTS) is 1. The quantitative estimate of drug-likeness (QED) is 0.417. The summed E-state index contributed by atoms with van der Waals surface area (Å²) in [6.07, 6.45) is 1.24. The Kier molecular flexibility index (Phi) is 3.77. The number of guanidine groups is 1. The second kappa shape index (κ2) is 5.49. The predicted octanol–water partition coefficient (Wildman–Crippen LogP) is -0.144. The molecule has 2 N–H and O–H groups in total. The second-order valence-corrected chi connectivity index (χ2v) is 4.06. The Morgan fingerprint density at radius 3 is 3.17 bits per heavy atom. The van der Waals surface area contributed by atoms with Gasteiger partial charge in [0.25, 0.3) is 11.9 Å². The molecular weight excluding hydrogens is 260 g/mol. The SMILES string of the molecule is O=C(O)CCS/N=N/C1=NC2C(=O)NC=NC2=N1. The van der Waals surface area contributed by atoms with Gasteiger partial charge in [-0.3, -0.25) is 9.59 Å². The Hall–Kier alpha value is -2.10. The number of aliphatic imine (C=N–C) groups is 3. The molecule has 18 heavy (non-hydrogen) atoms. The van der Waals surface area contributed by atoms with Crippen LogP contribution in [0.3, 0.4) is 0 Å². The zero-order valence-electron chi connectivity index (χ0n) is 8.98. The molecule has 94 valence electrons. The van der Waals surface area contributed by atoms with Crippen LogP contribution in [0.2, 0.25) is 0 Å². The Morgan fingerprint density at radius 1 is 1.61 bits per heavy atom. The summed E-state index contributed by atoms with van der Waals surface area (Å²) in [5.41, 5.74) is 0. The molecule has 0 aliphatic carbocycles. The number of hydrogen-bond donors (Lipinski definition) is 2. The van der Waals surface area contributed by atoms with Gasteiger partial charge in [-0.25, -0.2) is 9.98 Å². The molecule has 2 aliphatic rings. The van der Waals surface area contributed by atoms with Crippen molar-refractivity contribution in [1.82, 2.24) is 5.32 Å². The molecule has 2 aliphatic heterocycles. The Balaban J connectivity index is 1.88. The highest BCUT2D eigenvalue weighted by molar-refractivity contribution is 7.97. The number of carbonyl (C=O) groups excluding carboxylic acids is 1. The summed E-state index contributed by atoms with van der Waals surface area (Å²) in [5, 5.41) is 14.5. The van der Waals surface area contributed by atoms with Crippen LogP contribution in [-0.2, 0) is 9.59 Å².